The Bertz CT molecular complexity index is 548. The van der Waals surface area contributed by atoms with Crippen molar-refractivity contribution in [1.82, 2.24) is 5.32 Å². The Morgan fingerprint density at radius 3 is 2.26 bits per heavy atom. The van der Waals surface area contributed by atoms with Crippen LogP contribution in [0.2, 0.25) is 5.02 Å². The molecule has 4 aliphatic carbocycles. The van der Waals surface area contributed by atoms with Gasteiger partial charge in [0.2, 0.25) is 0 Å². The molecule has 4 saturated carbocycles. The third-order valence-corrected chi connectivity index (χ3v) is 6.36. The predicted molar refractivity (Wildman–Crippen MR) is 95.0 cm³/mol. The summed E-state index contributed by atoms with van der Waals surface area (Å²) >= 11 is 6.38. The molecular formula is C20H28ClNO. The largest absolute Gasteiger partial charge is 0.489 e. The molecule has 1 N–H and O–H groups in total. The first-order chi connectivity index (χ1) is 11.0. The molecule has 0 radical (unpaired) electrons. The molecule has 23 heavy (non-hydrogen) atoms. The van der Waals surface area contributed by atoms with Gasteiger partial charge in [-0.2, -0.15) is 0 Å². The van der Waals surface area contributed by atoms with E-state index >= 15 is 0 Å². The first kappa shape index (κ1) is 15.8. The van der Waals surface area contributed by atoms with E-state index < -0.39 is 0 Å². The van der Waals surface area contributed by atoms with Crippen molar-refractivity contribution >= 4 is 11.6 Å². The standard InChI is InChI=1S/C20H28ClNO/c1-13(2)23-19-4-3-14(8-18(19)21)12-22-20-9-15-5-16(10-20)7-17(6-15)11-20/h3-4,8,13,15-17,22H,5-7,9-12H2,1-2H3. The minimum absolute atomic E-state index is 0.156. The van der Waals surface area contributed by atoms with Gasteiger partial charge in [0.15, 0.2) is 0 Å². The number of rotatable bonds is 5. The summed E-state index contributed by atoms with van der Waals surface area (Å²) in [6.07, 6.45) is 8.81. The molecule has 0 atom stereocenters. The molecule has 0 aromatic heterocycles. The third kappa shape index (κ3) is 3.25. The number of halogens is 1. The smallest absolute Gasteiger partial charge is 0.138 e. The van der Waals surface area contributed by atoms with Gasteiger partial charge in [-0.25, -0.2) is 0 Å². The SMILES string of the molecule is CC(C)Oc1ccc(CNC23CC4CC(CC(C4)C2)C3)cc1Cl. The summed E-state index contributed by atoms with van der Waals surface area (Å²) in [6.45, 7) is 4.98. The maximum absolute atomic E-state index is 6.38. The van der Waals surface area contributed by atoms with Gasteiger partial charge < -0.3 is 10.1 Å². The summed E-state index contributed by atoms with van der Waals surface area (Å²) in [5, 5.41) is 4.66. The molecule has 1 aromatic carbocycles. The predicted octanol–water partition coefficient (Wildman–Crippen LogP) is 5.19. The molecule has 126 valence electrons. The molecule has 4 bridgehead atoms. The van der Waals surface area contributed by atoms with Crippen LogP contribution in [-0.4, -0.2) is 11.6 Å². The molecule has 0 saturated heterocycles. The van der Waals surface area contributed by atoms with Crippen molar-refractivity contribution < 1.29 is 4.74 Å². The molecule has 0 unspecified atom stereocenters. The molecule has 5 rings (SSSR count). The average Bonchev–Trinajstić information content (AvgIpc) is 2.46. The second-order valence-corrected chi connectivity index (χ2v) is 8.89. The van der Waals surface area contributed by atoms with Gasteiger partial charge in [-0.3, -0.25) is 0 Å². The van der Waals surface area contributed by atoms with Gasteiger partial charge in [0.25, 0.3) is 0 Å². The van der Waals surface area contributed by atoms with Crippen LogP contribution >= 0.6 is 11.6 Å². The van der Waals surface area contributed by atoms with Crippen LogP contribution in [-0.2, 0) is 6.54 Å². The second-order valence-electron chi connectivity index (χ2n) is 8.48. The lowest BCUT2D eigenvalue weighted by Crippen LogP contribution is -2.58. The van der Waals surface area contributed by atoms with Crippen LogP contribution in [0.3, 0.4) is 0 Å². The summed E-state index contributed by atoms with van der Waals surface area (Å²) in [5.74, 6) is 3.75. The molecule has 2 nitrogen and oxygen atoms in total. The molecule has 0 amide bonds. The summed E-state index contributed by atoms with van der Waals surface area (Å²) in [6, 6.07) is 6.23. The lowest BCUT2D eigenvalue weighted by Gasteiger charge is -2.57. The Morgan fingerprint density at radius 1 is 1.13 bits per heavy atom. The topological polar surface area (TPSA) is 21.3 Å². The van der Waals surface area contributed by atoms with Crippen molar-refractivity contribution in [1.29, 1.82) is 0 Å². The van der Waals surface area contributed by atoms with Gasteiger partial charge in [0.05, 0.1) is 11.1 Å². The molecular weight excluding hydrogens is 306 g/mol. The maximum atomic E-state index is 6.38. The van der Waals surface area contributed by atoms with Gasteiger partial charge in [-0.15, -0.1) is 0 Å². The van der Waals surface area contributed by atoms with Crippen molar-refractivity contribution in [3.63, 3.8) is 0 Å². The van der Waals surface area contributed by atoms with Gasteiger partial charge >= 0.3 is 0 Å². The summed E-state index contributed by atoms with van der Waals surface area (Å²) < 4.78 is 5.73. The number of benzene rings is 1. The Hall–Kier alpha value is -0.730. The summed E-state index contributed by atoms with van der Waals surface area (Å²) in [4.78, 5) is 0. The van der Waals surface area contributed by atoms with E-state index in [2.05, 4.69) is 17.4 Å². The Labute approximate surface area is 144 Å². The van der Waals surface area contributed by atoms with E-state index in [1.54, 1.807) is 0 Å². The fraction of sp³-hybridized carbons (Fsp3) is 0.700. The number of ether oxygens (including phenoxy) is 1. The number of hydrogen-bond donors (Lipinski definition) is 1. The first-order valence-electron chi connectivity index (χ1n) is 9.21. The average molecular weight is 334 g/mol. The van der Waals surface area contributed by atoms with E-state index in [-0.39, 0.29) is 6.10 Å². The van der Waals surface area contributed by atoms with Crippen molar-refractivity contribution in [2.75, 3.05) is 0 Å². The lowest BCUT2D eigenvalue weighted by molar-refractivity contribution is -0.0206. The highest BCUT2D eigenvalue weighted by atomic mass is 35.5. The van der Waals surface area contributed by atoms with Gasteiger partial charge in [-0.05, 0) is 87.8 Å². The van der Waals surface area contributed by atoms with Crippen LogP contribution in [0.1, 0.15) is 57.9 Å². The maximum Gasteiger partial charge on any atom is 0.138 e. The van der Waals surface area contributed by atoms with E-state index in [9.17, 15) is 0 Å². The third-order valence-electron chi connectivity index (χ3n) is 6.06. The van der Waals surface area contributed by atoms with Crippen molar-refractivity contribution in [3.05, 3.63) is 28.8 Å². The van der Waals surface area contributed by atoms with Crippen molar-refractivity contribution in [2.24, 2.45) is 17.8 Å². The highest BCUT2D eigenvalue weighted by molar-refractivity contribution is 6.32. The van der Waals surface area contributed by atoms with Crippen molar-refractivity contribution in [2.45, 2.75) is 70.6 Å². The van der Waals surface area contributed by atoms with Crippen LogP contribution in [0.15, 0.2) is 18.2 Å². The van der Waals surface area contributed by atoms with Gasteiger partial charge in [0.1, 0.15) is 5.75 Å². The highest BCUT2D eigenvalue weighted by Crippen LogP contribution is 2.55. The summed E-state index contributed by atoms with van der Waals surface area (Å²) in [5.41, 5.74) is 1.68. The molecule has 1 aromatic rings. The quantitative estimate of drug-likeness (QED) is 0.801. The van der Waals surface area contributed by atoms with E-state index in [4.69, 9.17) is 16.3 Å². The molecule has 0 heterocycles. The van der Waals surface area contributed by atoms with E-state index in [1.807, 2.05) is 19.9 Å². The zero-order chi connectivity index (χ0) is 16.0. The van der Waals surface area contributed by atoms with Crippen molar-refractivity contribution in [3.8, 4) is 5.75 Å². The van der Waals surface area contributed by atoms with Crippen LogP contribution in [0.5, 0.6) is 5.75 Å². The van der Waals surface area contributed by atoms with E-state index in [1.165, 1.54) is 44.1 Å². The Kier molecular flexibility index (Phi) is 4.09. The molecule has 0 aliphatic heterocycles. The number of nitrogens with one attached hydrogen (secondary N) is 1. The van der Waals surface area contributed by atoms with Crippen LogP contribution < -0.4 is 10.1 Å². The normalized spacial score (nSPS) is 35.0. The Morgan fingerprint density at radius 2 is 1.74 bits per heavy atom. The molecule has 3 heteroatoms. The molecule has 4 aliphatic rings. The second kappa shape index (κ2) is 5.97. The van der Waals surface area contributed by atoms with E-state index in [0.717, 1.165) is 35.1 Å². The molecule has 0 spiro atoms. The first-order valence-corrected chi connectivity index (χ1v) is 9.59. The zero-order valence-corrected chi connectivity index (χ0v) is 15.0. The lowest BCUT2D eigenvalue weighted by atomic mass is 9.53. The fourth-order valence-electron chi connectivity index (χ4n) is 5.62. The monoisotopic (exact) mass is 333 g/mol. The minimum atomic E-state index is 0.156. The zero-order valence-electron chi connectivity index (χ0n) is 14.3. The fourth-order valence-corrected chi connectivity index (χ4v) is 5.87. The van der Waals surface area contributed by atoms with Gasteiger partial charge in [0, 0.05) is 12.1 Å². The number of hydrogen-bond acceptors (Lipinski definition) is 2. The van der Waals surface area contributed by atoms with Crippen LogP contribution in [0.25, 0.3) is 0 Å². The Balaban J connectivity index is 1.42. The van der Waals surface area contributed by atoms with Gasteiger partial charge in [-0.1, -0.05) is 17.7 Å². The van der Waals surface area contributed by atoms with Crippen LogP contribution in [0.4, 0.5) is 0 Å². The minimum Gasteiger partial charge on any atom is -0.489 e. The highest BCUT2D eigenvalue weighted by Gasteiger charge is 2.50. The van der Waals surface area contributed by atoms with Crippen LogP contribution in [0, 0.1) is 17.8 Å². The molecule has 4 fully saturated rings. The summed E-state index contributed by atoms with van der Waals surface area (Å²) in [7, 11) is 0. The van der Waals surface area contributed by atoms with E-state index in [0.29, 0.717) is 5.54 Å².